The first-order valence-corrected chi connectivity index (χ1v) is 14.9. The quantitative estimate of drug-likeness (QED) is 0.174. The fraction of sp³-hybridized carbons (Fsp3) is 0.111. The maximum absolute atomic E-state index is 14.3. The third-order valence-corrected chi connectivity index (χ3v) is 7.81. The first-order chi connectivity index (χ1) is 23.8. The molecule has 0 atom stereocenters. The molecule has 1 N–H and O–H groups in total. The van der Waals surface area contributed by atoms with Crippen LogP contribution in [0.15, 0.2) is 77.6 Å². The van der Waals surface area contributed by atoms with Crippen molar-refractivity contribution in [2.45, 2.75) is 13.8 Å². The number of methoxy groups -OCH3 is 2. The summed E-state index contributed by atoms with van der Waals surface area (Å²) < 4.78 is 93.8. The van der Waals surface area contributed by atoms with Crippen molar-refractivity contribution in [1.82, 2.24) is 20.4 Å². The standard InChI is InChI=1S/C18H12ClF3N2O.C18H13F3N2O2/c1-9-15(10-3-5-12(25-2)6-4-10)17(18(19)24-23-9)16-13(21)7-11(20)8-14(16)22;1-9-15(10-3-5-12(25-2)6-4-10)17(18(24)23-22-9)16-13(20)7-11(19)8-14(16)21/h3-8H,1-2H3;3-8H,1-2H3,(H,23,24). The molecule has 0 aliphatic rings. The maximum Gasteiger partial charge on any atom is 0.272 e. The zero-order valence-electron chi connectivity index (χ0n) is 26.6. The summed E-state index contributed by atoms with van der Waals surface area (Å²) in [6.07, 6.45) is 0. The van der Waals surface area contributed by atoms with Crippen LogP contribution >= 0.6 is 11.6 Å². The molecular formula is C36H25ClF6N4O3. The van der Waals surface area contributed by atoms with Gasteiger partial charge in [-0.3, -0.25) is 4.79 Å². The minimum atomic E-state index is -1.16. The van der Waals surface area contributed by atoms with Gasteiger partial charge >= 0.3 is 0 Å². The number of rotatable bonds is 6. The predicted molar refractivity (Wildman–Crippen MR) is 176 cm³/mol. The summed E-state index contributed by atoms with van der Waals surface area (Å²) in [4.78, 5) is 12.3. The largest absolute Gasteiger partial charge is 0.497 e. The van der Waals surface area contributed by atoms with Crippen LogP contribution in [0.25, 0.3) is 44.5 Å². The van der Waals surface area contributed by atoms with Crippen molar-refractivity contribution in [3.05, 3.63) is 135 Å². The molecule has 0 spiro atoms. The summed E-state index contributed by atoms with van der Waals surface area (Å²) in [5.41, 5.74) is 0.554. The second-order valence-electron chi connectivity index (χ2n) is 10.7. The molecule has 2 heterocycles. The summed E-state index contributed by atoms with van der Waals surface area (Å²) in [6, 6.07) is 15.7. The highest BCUT2D eigenvalue weighted by atomic mass is 35.5. The van der Waals surface area contributed by atoms with E-state index in [0.717, 1.165) is 0 Å². The van der Waals surface area contributed by atoms with Crippen molar-refractivity contribution in [2.75, 3.05) is 14.2 Å². The third kappa shape index (κ3) is 7.18. The fourth-order valence-electron chi connectivity index (χ4n) is 5.29. The third-order valence-electron chi connectivity index (χ3n) is 7.54. The van der Waals surface area contributed by atoms with Gasteiger partial charge in [0.1, 0.15) is 46.4 Å². The Morgan fingerprint density at radius 3 is 1.38 bits per heavy atom. The van der Waals surface area contributed by atoms with Gasteiger partial charge in [-0.2, -0.15) is 10.2 Å². The lowest BCUT2D eigenvalue weighted by Gasteiger charge is -2.15. The Hall–Kier alpha value is -5.69. The molecule has 0 bridgehead atoms. The highest BCUT2D eigenvalue weighted by Crippen LogP contribution is 2.41. The van der Waals surface area contributed by atoms with Gasteiger partial charge in [-0.25, -0.2) is 31.4 Å². The van der Waals surface area contributed by atoms with Gasteiger partial charge in [-0.1, -0.05) is 35.9 Å². The van der Waals surface area contributed by atoms with E-state index >= 15 is 0 Å². The van der Waals surface area contributed by atoms with E-state index in [1.165, 1.54) is 14.2 Å². The molecule has 0 radical (unpaired) electrons. The number of aryl methyl sites for hydroxylation is 2. The normalized spacial score (nSPS) is 10.8. The van der Waals surface area contributed by atoms with Gasteiger partial charge in [0, 0.05) is 41.0 Å². The lowest BCUT2D eigenvalue weighted by atomic mass is 9.94. The molecular weight excluding hydrogens is 686 g/mol. The number of nitrogens with one attached hydrogen (secondary N) is 1. The molecule has 14 heteroatoms. The van der Waals surface area contributed by atoms with Crippen LogP contribution in [0.5, 0.6) is 11.5 Å². The first-order valence-electron chi connectivity index (χ1n) is 14.5. The molecule has 0 fully saturated rings. The second-order valence-corrected chi connectivity index (χ2v) is 11.0. The van der Waals surface area contributed by atoms with Crippen LogP contribution in [0.2, 0.25) is 5.15 Å². The van der Waals surface area contributed by atoms with Gasteiger partial charge in [0.25, 0.3) is 5.56 Å². The Kier molecular flexibility index (Phi) is 10.6. The van der Waals surface area contributed by atoms with Gasteiger partial charge in [0.05, 0.1) is 42.3 Å². The van der Waals surface area contributed by atoms with Gasteiger partial charge in [-0.05, 0) is 49.2 Å². The van der Waals surface area contributed by atoms with Gasteiger partial charge in [0.15, 0.2) is 5.15 Å². The van der Waals surface area contributed by atoms with E-state index in [0.29, 0.717) is 63.8 Å². The number of halogens is 7. The smallest absolute Gasteiger partial charge is 0.272 e. The van der Waals surface area contributed by atoms with Gasteiger partial charge in [-0.15, -0.1) is 5.10 Å². The number of nitrogens with zero attached hydrogens (tertiary/aromatic N) is 3. The Labute approximate surface area is 286 Å². The Morgan fingerprint density at radius 1 is 0.560 bits per heavy atom. The van der Waals surface area contributed by atoms with Crippen LogP contribution in [-0.4, -0.2) is 34.6 Å². The second kappa shape index (κ2) is 14.8. The molecule has 4 aromatic carbocycles. The van der Waals surface area contributed by atoms with Crippen LogP contribution < -0.4 is 15.0 Å². The summed E-state index contributed by atoms with van der Waals surface area (Å²) in [7, 11) is 3.03. The van der Waals surface area contributed by atoms with E-state index in [9.17, 15) is 31.1 Å². The lowest BCUT2D eigenvalue weighted by molar-refractivity contribution is 0.415. The molecule has 0 amide bonds. The average Bonchev–Trinajstić information content (AvgIpc) is 3.07. The molecule has 7 nitrogen and oxygen atoms in total. The fourth-order valence-corrected chi connectivity index (χ4v) is 5.52. The van der Waals surface area contributed by atoms with Crippen LogP contribution in [0.3, 0.4) is 0 Å². The molecule has 6 aromatic rings. The van der Waals surface area contributed by atoms with E-state index in [2.05, 4.69) is 20.4 Å². The van der Waals surface area contributed by atoms with Crippen molar-refractivity contribution >= 4 is 11.6 Å². The molecule has 0 aliphatic heterocycles. The van der Waals surface area contributed by atoms with Crippen molar-refractivity contribution in [3.63, 3.8) is 0 Å². The molecule has 0 unspecified atom stereocenters. The number of hydrogen-bond donors (Lipinski definition) is 1. The minimum absolute atomic E-state index is 0.0225. The summed E-state index contributed by atoms with van der Waals surface area (Å²) in [6.45, 7) is 3.24. The highest BCUT2D eigenvalue weighted by molar-refractivity contribution is 6.32. The molecule has 6 rings (SSSR count). The molecule has 50 heavy (non-hydrogen) atoms. The van der Waals surface area contributed by atoms with Crippen molar-refractivity contribution < 1.29 is 35.8 Å². The Balaban J connectivity index is 0.000000194. The Morgan fingerprint density at radius 2 is 0.960 bits per heavy atom. The number of hydrogen-bond acceptors (Lipinski definition) is 6. The predicted octanol–water partition coefficient (Wildman–Crippen LogP) is 9.04. The SMILES string of the molecule is COc1ccc(-c2c(C)n[nH]c(=O)c2-c2c(F)cc(F)cc2F)cc1.COc1ccc(-c2c(C)nnc(Cl)c2-c2c(F)cc(F)cc2F)cc1. The van der Waals surface area contributed by atoms with E-state index in [-0.39, 0.29) is 21.8 Å². The maximum atomic E-state index is 14.3. The zero-order chi connectivity index (χ0) is 36.3. The van der Waals surface area contributed by atoms with E-state index in [1.54, 1.807) is 62.4 Å². The van der Waals surface area contributed by atoms with E-state index in [4.69, 9.17) is 21.1 Å². The average molecular weight is 711 g/mol. The number of benzene rings is 4. The number of ether oxygens (including phenoxy) is 2. The zero-order valence-corrected chi connectivity index (χ0v) is 27.4. The van der Waals surface area contributed by atoms with Crippen molar-refractivity contribution in [3.8, 4) is 56.0 Å². The van der Waals surface area contributed by atoms with Crippen molar-refractivity contribution in [2.24, 2.45) is 0 Å². The molecule has 0 saturated carbocycles. The topological polar surface area (TPSA) is 90.0 Å². The van der Waals surface area contributed by atoms with Crippen LogP contribution in [-0.2, 0) is 0 Å². The van der Waals surface area contributed by atoms with Crippen LogP contribution in [0, 0.1) is 48.8 Å². The first kappa shape index (κ1) is 35.6. The summed E-state index contributed by atoms with van der Waals surface area (Å²) in [5.74, 6) is -5.34. The lowest BCUT2D eigenvalue weighted by Crippen LogP contribution is -2.16. The van der Waals surface area contributed by atoms with E-state index < -0.39 is 51.6 Å². The number of H-pyrrole nitrogens is 1. The molecule has 0 aliphatic carbocycles. The highest BCUT2D eigenvalue weighted by Gasteiger charge is 2.25. The number of aromatic amines is 1. The van der Waals surface area contributed by atoms with Crippen LogP contribution in [0.1, 0.15) is 11.4 Å². The monoisotopic (exact) mass is 710 g/mol. The van der Waals surface area contributed by atoms with E-state index in [1.807, 2.05) is 0 Å². The number of aromatic nitrogens is 4. The van der Waals surface area contributed by atoms with Gasteiger partial charge in [0.2, 0.25) is 0 Å². The van der Waals surface area contributed by atoms with Crippen molar-refractivity contribution in [1.29, 1.82) is 0 Å². The molecule has 2 aromatic heterocycles. The summed E-state index contributed by atoms with van der Waals surface area (Å²) >= 11 is 6.10. The van der Waals surface area contributed by atoms with Crippen LogP contribution in [0.4, 0.5) is 26.3 Å². The summed E-state index contributed by atoms with van der Waals surface area (Å²) in [5, 5.41) is 13.6. The Bertz CT molecular complexity index is 2220. The molecule has 256 valence electrons. The molecule has 0 saturated heterocycles. The minimum Gasteiger partial charge on any atom is -0.497 e. The van der Waals surface area contributed by atoms with Gasteiger partial charge < -0.3 is 9.47 Å².